The topological polar surface area (TPSA) is 95.9 Å². The van der Waals surface area contributed by atoms with Crippen molar-refractivity contribution in [3.05, 3.63) is 34.9 Å². The summed E-state index contributed by atoms with van der Waals surface area (Å²) >= 11 is 0. The maximum atomic E-state index is 15.8. The number of fused-ring (bicyclic) bond motifs is 3. The van der Waals surface area contributed by atoms with Gasteiger partial charge < -0.3 is 20.3 Å². The van der Waals surface area contributed by atoms with Crippen LogP contribution in [0.3, 0.4) is 0 Å². The number of aliphatic hydroxyl groups is 1. The van der Waals surface area contributed by atoms with Crippen LogP contribution in [0.25, 0.3) is 0 Å². The van der Waals surface area contributed by atoms with Gasteiger partial charge in [-0.05, 0) is 42.9 Å². The fourth-order valence-corrected chi connectivity index (χ4v) is 5.59. The number of allylic oxidation sites excluding steroid dienone is 3. The molecule has 158 valence electrons. The highest BCUT2D eigenvalue weighted by atomic mass is 19.2. The number of quaternary nitrogens is 1. The van der Waals surface area contributed by atoms with Crippen molar-refractivity contribution in [2.24, 2.45) is 5.92 Å². The number of nitrogens with one attached hydrogen (secondary N) is 1. The van der Waals surface area contributed by atoms with Crippen molar-refractivity contribution in [2.75, 3.05) is 13.7 Å². The van der Waals surface area contributed by atoms with Gasteiger partial charge in [-0.25, -0.2) is 0 Å². The monoisotopic (exact) mass is 407 g/mol. The Morgan fingerprint density at radius 1 is 1.48 bits per heavy atom. The van der Waals surface area contributed by atoms with Crippen molar-refractivity contribution >= 4 is 11.8 Å². The Balaban J connectivity index is 1.59. The normalized spacial score (nSPS) is 35.4. The zero-order valence-electron chi connectivity index (χ0n) is 16.8. The van der Waals surface area contributed by atoms with E-state index in [0.29, 0.717) is 36.4 Å². The number of ketones is 1. The molecule has 3 heterocycles. The third-order valence-corrected chi connectivity index (χ3v) is 7.06. The molecule has 0 aromatic carbocycles. The standard InChI is InChI=1S/C21H27FN2O5/c1-3-21(28,10-18(26)27)14-8-12-7-13-11-24(22)15(5-4-6-17(24)29-2)19(13)23-20(12)16(25)9-14/h6,9,13,15,19,23,28H,3-5,7-8,10-11H2,1-2H3/p+1. The van der Waals surface area contributed by atoms with E-state index >= 15 is 4.48 Å². The Kier molecular flexibility index (Phi) is 4.82. The number of ether oxygens (including phenoxy) is 1. The van der Waals surface area contributed by atoms with E-state index in [9.17, 15) is 19.8 Å². The van der Waals surface area contributed by atoms with Crippen LogP contribution in [0.2, 0.25) is 0 Å². The van der Waals surface area contributed by atoms with Crippen molar-refractivity contribution in [3.63, 3.8) is 0 Å². The second kappa shape index (κ2) is 6.95. The Morgan fingerprint density at radius 3 is 2.90 bits per heavy atom. The number of methoxy groups -OCH3 is 1. The number of nitrogens with zero attached hydrogens (tertiary/aromatic N) is 1. The van der Waals surface area contributed by atoms with E-state index in [0.717, 1.165) is 12.0 Å². The van der Waals surface area contributed by atoms with Gasteiger partial charge in [-0.15, -0.1) is 0 Å². The number of hydrogen-bond donors (Lipinski definition) is 3. The minimum Gasteiger partial charge on any atom is -0.481 e. The first-order valence-electron chi connectivity index (χ1n) is 10.2. The summed E-state index contributed by atoms with van der Waals surface area (Å²) in [6.45, 7) is 1.98. The molecule has 0 saturated carbocycles. The van der Waals surface area contributed by atoms with E-state index in [-0.39, 0.29) is 36.8 Å². The molecule has 1 aliphatic carbocycles. The van der Waals surface area contributed by atoms with Gasteiger partial charge in [0, 0.05) is 22.9 Å². The molecule has 0 aromatic heterocycles. The molecule has 5 atom stereocenters. The third-order valence-electron chi connectivity index (χ3n) is 7.06. The molecular formula is C21H28FN2O5+. The van der Waals surface area contributed by atoms with E-state index in [2.05, 4.69) is 5.32 Å². The highest BCUT2D eigenvalue weighted by Gasteiger charge is 2.62. The zero-order valence-corrected chi connectivity index (χ0v) is 16.8. The molecule has 0 amide bonds. The molecule has 7 nitrogen and oxygen atoms in total. The van der Waals surface area contributed by atoms with Crippen LogP contribution in [0, 0.1) is 5.92 Å². The summed E-state index contributed by atoms with van der Waals surface area (Å²) < 4.78 is 20.4. The number of halogens is 1. The molecule has 3 aliphatic heterocycles. The number of rotatable bonds is 5. The SMILES string of the molecule is CCC(O)(CC(=O)O)C1=CC(=O)C2=C(C1)CC1C[N+]3(F)C(OC)=CCCC3C1N2. The van der Waals surface area contributed by atoms with Gasteiger partial charge in [-0.1, -0.05) is 11.6 Å². The summed E-state index contributed by atoms with van der Waals surface area (Å²) in [6.07, 6.45) is 5.24. The van der Waals surface area contributed by atoms with Crippen molar-refractivity contribution in [2.45, 2.75) is 63.1 Å². The number of aliphatic carboxylic acids is 1. The summed E-state index contributed by atoms with van der Waals surface area (Å²) in [7, 11) is 1.49. The quantitative estimate of drug-likeness (QED) is 0.604. The maximum absolute atomic E-state index is 15.8. The molecule has 0 spiro atoms. The fourth-order valence-electron chi connectivity index (χ4n) is 5.59. The molecule has 0 bridgehead atoms. The molecule has 4 aliphatic rings. The first kappa shape index (κ1) is 20.1. The Labute approximate surface area is 169 Å². The van der Waals surface area contributed by atoms with Crippen LogP contribution in [0.1, 0.15) is 45.4 Å². The summed E-state index contributed by atoms with van der Waals surface area (Å²) in [5.74, 6) is -1.04. The van der Waals surface area contributed by atoms with Crippen LogP contribution >= 0.6 is 0 Å². The fraction of sp³-hybridized carbons (Fsp3) is 0.619. The first-order chi connectivity index (χ1) is 13.7. The predicted molar refractivity (Wildman–Crippen MR) is 102 cm³/mol. The highest BCUT2D eigenvalue weighted by Crippen LogP contribution is 2.48. The van der Waals surface area contributed by atoms with Crippen molar-refractivity contribution in [1.29, 1.82) is 0 Å². The predicted octanol–water partition coefficient (Wildman–Crippen LogP) is 2.10. The number of carboxylic acids is 1. The highest BCUT2D eigenvalue weighted by molar-refractivity contribution is 6.06. The molecule has 8 heteroatoms. The van der Waals surface area contributed by atoms with Gasteiger partial charge in [0.15, 0.2) is 6.04 Å². The maximum Gasteiger partial charge on any atom is 0.326 e. The van der Waals surface area contributed by atoms with Crippen LogP contribution in [0.5, 0.6) is 0 Å². The molecular weight excluding hydrogens is 379 g/mol. The summed E-state index contributed by atoms with van der Waals surface area (Å²) in [5.41, 5.74) is 0.207. The molecule has 5 unspecified atom stereocenters. The number of carboxylic acid groups (broad SMARTS) is 1. The summed E-state index contributed by atoms with van der Waals surface area (Å²) in [6, 6.07) is -0.452. The zero-order chi connectivity index (χ0) is 21.0. The van der Waals surface area contributed by atoms with Crippen molar-refractivity contribution < 1.29 is 33.7 Å². The van der Waals surface area contributed by atoms with Crippen LogP contribution < -0.4 is 5.32 Å². The van der Waals surface area contributed by atoms with E-state index in [4.69, 9.17) is 4.74 Å². The third kappa shape index (κ3) is 3.09. The molecule has 29 heavy (non-hydrogen) atoms. The second-order valence-electron chi connectivity index (χ2n) is 8.62. The Bertz CT molecular complexity index is 850. The Hall–Kier alpha value is -2.19. The molecule has 4 rings (SSSR count). The number of carbonyl (C=O) groups is 2. The van der Waals surface area contributed by atoms with E-state index < -0.39 is 22.7 Å². The molecule has 1 saturated heterocycles. The average molecular weight is 407 g/mol. The van der Waals surface area contributed by atoms with Crippen molar-refractivity contribution in [3.8, 4) is 0 Å². The lowest BCUT2D eigenvalue weighted by Crippen LogP contribution is -2.53. The number of hydrogen-bond acceptors (Lipinski definition) is 5. The average Bonchev–Trinajstić information content (AvgIpc) is 2.96. The minimum absolute atomic E-state index is 0.00161. The van der Waals surface area contributed by atoms with E-state index in [1.165, 1.54) is 13.2 Å². The van der Waals surface area contributed by atoms with Gasteiger partial charge in [-0.2, -0.15) is 0 Å². The second-order valence-corrected chi connectivity index (χ2v) is 8.62. The van der Waals surface area contributed by atoms with Crippen LogP contribution in [-0.2, 0) is 14.3 Å². The van der Waals surface area contributed by atoms with Gasteiger partial charge in [0.2, 0.25) is 5.78 Å². The van der Waals surface area contributed by atoms with E-state index in [1.54, 1.807) is 13.0 Å². The molecule has 0 radical (unpaired) electrons. The van der Waals surface area contributed by atoms with Gasteiger partial charge >= 0.3 is 11.9 Å². The summed E-state index contributed by atoms with van der Waals surface area (Å²) in [5, 5.41) is 23.3. The van der Waals surface area contributed by atoms with Crippen LogP contribution in [-0.4, -0.2) is 58.0 Å². The van der Waals surface area contributed by atoms with Crippen LogP contribution in [0.4, 0.5) is 4.48 Å². The molecule has 1 fully saturated rings. The van der Waals surface area contributed by atoms with Gasteiger partial charge in [0.25, 0.3) is 0 Å². The molecule has 0 aromatic rings. The lowest BCUT2D eigenvalue weighted by Gasteiger charge is -2.37. The molecule has 3 N–H and O–H groups in total. The summed E-state index contributed by atoms with van der Waals surface area (Å²) in [4.78, 5) is 24.1. The lowest BCUT2D eigenvalue weighted by atomic mass is 9.75. The van der Waals surface area contributed by atoms with Gasteiger partial charge in [-0.3, -0.25) is 9.59 Å². The lowest BCUT2D eigenvalue weighted by molar-refractivity contribution is -1.05. The minimum atomic E-state index is -1.55. The Morgan fingerprint density at radius 2 is 2.24 bits per heavy atom. The van der Waals surface area contributed by atoms with Gasteiger partial charge in [0.05, 0.1) is 30.9 Å². The smallest absolute Gasteiger partial charge is 0.326 e. The number of carbonyl (C=O) groups excluding carboxylic acids is 1. The van der Waals surface area contributed by atoms with Gasteiger partial charge in [0.1, 0.15) is 6.54 Å². The first-order valence-corrected chi connectivity index (χ1v) is 10.2. The largest absolute Gasteiger partial charge is 0.481 e. The van der Waals surface area contributed by atoms with Crippen LogP contribution in [0.15, 0.2) is 34.9 Å². The van der Waals surface area contributed by atoms with E-state index in [1.807, 2.05) is 0 Å². The van der Waals surface area contributed by atoms with Crippen molar-refractivity contribution in [1.82, 2.24) is 5.32 Å².